The Hall–Kier alpha value is -1.36. The molecule has 20 heavy (non-hydrogen) atoms. The lowest BCUT2D eigenvalue weighted by Gasteiger charge is -2.07. The highest BCUT2D eigenvalue weighted by molar-refractivity contribution is 6.48. The monoisotopic (exact) mass is 333 g/mol. The smallest absolute Gasteiger partial charge is 0.307 e. The van der Waals surface area contributed by atoms with Crippen LogP contribution in [0.2, 0.25) is 15.1 Å². The number of hydrogen-bond acceptors (Lipinski definition) is 2. The summed E-state index contributed by atoms with van der Waals surface area (Å²) in [6, 6.07) is 5.51. The average Bonchev–Trinajstić information content (AvgIpc) is 2.33. The Bertz CT molecular complexity index is 668. The Balaban J connectivity index is 2.52. The van der Waals surface area contributed by atoms with E-state index in [1.807, 2.05) is 0 Å². The normalized spacial score (nSPS) is 10.6. The van der Waals surface area contributed by atoms with Crippen LogP contribution in [0.1, 0.15) is 5.56 Å². The molecule has 0 fully saturated rings. The Morgan fingerprint density at radius 1 is 1.15 bits per heavy atom. The third-order valence-electron chi connectivity index (χ3n) is 2.49. The fourth-order valence-corrected chi connectivity index (χ4v) is 2.27. The molecular weight excluding hydrogens is 328 g/mol. The number of rotatable bonds is 3. The van der Waals surface area contributed by atoms with E-state index in [4.69, 9.17) is 39.9 Å². The number of pyridine rings is 1. The van der Waals surface area contributed by atoms with Gasteiger partial charge in [-0.05, 0) is 29.8 Å². The van der Waals surface area contributed by atoms with E-state index in [1.54, 1.807) is 0 Å². The van der Waals surface area contributed by atoms with Crippen LogP contribution in [0.5, 0.6) is 0 Å². The third-order valence-corrected chi connectivity index (χ3v) is 3.69. The van der Waals surface area contributed by atoms with Gasteiger partial charge in [-0.2, -0.15) is 4.39 Å². The minimum absolute atomic E-state index is 0.194. The molecule has 0 aliphatic heterocycles. The van der Waals surface area contributed by atoms with Crippen molar-refractivity contribution < 1.29 is 14.3 Å². The molecule has 1 heterocycles. The van der Waals surface area contributed by atoms with Crippen LogP contribution in [-0.2, 0) is 11.2 Å². The molecule has 0 saturated carbocycles. The summed E-state index contributed by atoms with van der Waals surface area (Å²) in [5, 5.41) is 9.35. The molecule has 0 amide bonds. The summed E-state index contributed by atoms with van der Waals surface area (Å²) in [5.74, 6) is -1.84. The Labute approximate surface area is 128 Å². The van der Waals surface area contributed by atoms with Crippen LogP contribution in [0.25, 0.3) is 11.3 Å². The predicted molar refractivity (Wildman–Crippen MR) is 76.0 cm³/mol. The maximum Gasteiger partial charge on any atom is 0.307 e. The third kappa shape index (κ3) is 3.39. The molecule has 1 aromatic carbocycles. The maximum absolute atomic E-state index is 13.4. The summed E-state index contributed by atoms with van der Waals surface area (Å²) in [4.78, 5) is 14.4. The van der Waals surface area contributed by atoms with Gasteiger partial charge in [-0.15, -0.1) is 0 Å². The molecular formula is C13H7Cl3FNO2. The van der Waals surface area contributed by atoms with Crippen molar-refractivity contribution in [3.8, 4) is 11.3 Å². The number of aliphatic carboxylic acids is 1. The van der Waals surface area contributed by atoms with E-state index in [0.717, 1.165) is 6.07 Å². The van der Waals surface area contributed by atoms with E-state index >= 15 is 0 Å². The summed E-state index contributed by atoms with van der Waals surface area (Å²) in [6.45, 7) is 0. The van der Waals surface area contributed by atoms with E-state index < -0.39 is 11.9 Å². The minimum atomic E-state index is -1.06. The number of carboxylic acids is 1. The standard InChI is InChI=1S/C13H7Cl3FNO2/c14-8-4-7(5-9(15)13(8)16)10-1-6(3-12(19)20)2-11(17)18-10/h1-2,4-5H,3H2,(H,19,20). The van der Waals surface area contributed by atoms with Crippen LogP contribution < -0.4 is 0 Å². The lowest BCUT2D eigenvalue weighted by Crippen LogP contribution is -2.02. The van der Waals surface area contributed by atoms with E-state index in [1.165, 1.54) is 18.2 Å². The van der Waals surface area contributed by atoms with Crippen LogP contribution in [-0.4, -0.2) is 16.1 Å². The molecule has 1 aromatic heterocycles. The van der Waals surface area contributed by atoms with Crippen LogP contribution in [0, 0.1) is 5.95 Å². The number of nitrogens with zero attached hydrogens (tertiary/aromatic N) is 1. The van der Waals surface area contributed by atoms with Crippen molar-refractivity contribution in [2.24, 2.45) is 0 Å². The highest BCUT2D eigenvalue weighted by atomic mass is 35.5. The second-order valence-electron chi connectivity index (χ2n) is 4.01. The zero-order valence-corrected chi connectivity index (χ0v) is 12.1. The first-order valence-corrected chi connectivity index (χ1v) is 6.53. The Morgan fingerprint density at radius 2 is 1.75 bits per heavy atom. The van der Waals surface area contributed by atoms with Crippen LogP contribution in [0.4, 0.5) is 4.39 Å². The molecule has 7 heteroatoms. The summed E-state index contributed by atoms with van der Waals surface area (Å²) in [5.41, 5.74) is 0.986. The van der Waals surface area contributed by atoms with Crippen molar-refractivity contribution in [2.75, 3.05) is 0 Å². The van der Waals surface area contributed by atoms with Gasteiger partial charge in [0.15, 0.2) is 0 Å². The van der Waals surface area contributed by atoms with Gasteiger partial charge in [-0.25, -0.2) is 4.98 Å². The second kappa shape index (κ2) is 5.95. The van der Waals surface area contributed by atoms with Crippen molar-refractivity contribution in [3.63, 3.8) is 0 Å². The minimum Gasteiger partial charge on any atom is -0.481 e. The summed E-state index contributed by atoms with van der Waals surface area (Å²) in [6.07, 6.45) is -0.304. The van der Waals surface area contributed by atoms with Crippen molar-refractivity contribution >= 4 is 40.8 Å². The first-order chi connectivity index (χ1) is 9.36. The number of carbonyl (C=O) groups is 1. The van der Waals surface area contributed by atoms with Gasteiger partial charge in [-0.1, -0.05) is 34.8 Å². The molecule has 0 saturated heterocycles. The van der Waals surface area contributed by atoms with Crippen molar-refractivity contribution in [1.29, 1.82) is 0 Å². The molecule has 0 aliphatic carbocycles. The number of benzene rings is 1. The molecule has 0 unspecified atom stereocenters. The average molecular weight is 335 g/mol. The van der Waals surface area contributed by atoms with Gasteiger partial charge in [-0.3, -0.25) is 4.79 Å². The van der Waals surface area contributed by atoms with Crippen LogP contribution >= 0.6 is 34.8 Å². The zero-order valence-electron chi connectivity index (χ0n) is 9.83. The number of aromatic nitrogens is 1. The van der Waals surface area contributed by atoms with Crippen molar-refractivity contribution in [1.82, 2.24) is 4.98 Å². The number of halogens is 4. The molecule has 0 aliphatic rings. The predicted octanol–water partition coefficient (Wildman–Crippen LogP) is 4.48. The van der Waals surface area contributed by atoms with Crippen molar-refractivity contribution in [3.05, 3.63) is 50.8 Å². The van der Waals surface area contributed by atoms with E-state index in [-0.39, 0.29) is 27.2 Å². The van der Waals surface area contributed by atoms with Crippen LogP contribution in [0.3, 0.4) is 0 Å². The van der Waals surface area contributed by atoms with Gasteiger partial charge in [0, 0.05) is 5.56 Å². The quantitative estimate of drug-likeness (QED) is 0.665. The SMILES string of the molecule is O=C(O)Cc1cc(F)nc(-c2cc(Cl)c(Cl)c(Cl)c2)c1. The Morgan fingerprint density at radius 3 is 2.30 bits per heavy atom. The van der Waals surface area contributed by atoms with Gasteiger partial charge in [0.05, 0.1) is 27.2 Å². The first kappa shape index (κ1) is 15.0. The summed E-state index contributed by atoms with van der Waals surface area (Å²) < 4.78 is 13.4. The second-order valence-corrected chi connectivity index (χ2v) is 5.20. The molecule has 0 bridgehead atoms. The summed E-state index contributed by atoms with van der Waals surface area (Å²) in [7, 11) is 0. The molecule has 0 atom stereocenters. The Kier molecular flexibility index (Phi) is 4.48. The fourth-order valence-electron chi connectivity index (χ4n) is 1.68. The molecule has 2 aromatic rings. The molecule has 3 nitrogen and oxygen atoms in total. The van der Waals surface area contributed by atoms with Crippen molar-refractivity contribution in [2.45, 2.75) is 6.42 Å². The molecule has 104 valence electrons. The fraction of sp³-hybridized carbons (Fsp3) is 0.0769. The van der Waals surface area contributed by atoms with Gasteiger partial charge in [0.2, 0.25) is 5.95 Å². The molecule has 1 N–H and O–H groups in total. The first-order valence-electron chi connectivity index (χ1n) is 5.40. The van der Waals surface area contributed by atoms with E-state index in [0.29, 0.717) is 11.1 Å². The van der Waals surface area contributed by atoms with E-state index in [9.17, 15) is 9.18 Å². The highest BCUT2D eigenvalue weighted by Crippen LogP contribution is 2.34. The zero-order chi connectivity index (χ0) is 14.9. The largest absolute Gasteiger partial charge is 0.481 e. The van der Waals surface area contributed by atoms with Gasteiger partial charge < -0.3 is 5.11 Å². The molecule has 0 radical (unpaired) electrons. The summed E-state index contributed by atoms with van der Waals surface area (Å²) >= 11 is 17.6. The maximum atomic E-state index is 13.4. The molecule has 0 spiro atoms. The topological polar surface area (TPSA) is 50.2 Å². The number of carboxylic acid groups (broad SMARTS) is 1. The molecule has 2 rings (SSSR count). The van der Waals surface area contributed by atoms with E-state index in [2.05, 4.69) is 4.98 Å². The van der Waals surface area contributed by atoms with Crippen LogP contribution in [0.15, 0.2) is 24.3 Å². The van der Waals surface area contributed by atoms with Gasteiger partial charge in [0.1, 0.15) is 0 Å². The van der Waals surface area contributed by atoms with Gasteiger partial charge >= 0.3 is 5.97 Å². The number of hydrogen-bond donors (Lipinski definition) is 1. The lowest BCUT2D eigenvalue weighted by atomic mass is 10.1. The van der Waals surface area contributed by atoms with Gasteiger partial charge in [0.25, 0.3) is 0 Å². The lowest BCUT2D eigenvalue weighted by molar-refractivity contribution is -0.136. The highest BCUT2D eigenvalue weighted by Gasteiger charge is 2.11.